The molecule has 0 aliphatic heterocycles. The van der Waals surface area contributed by atoms with E-state index in [2.05, 4.69) is 22.0 Å². The zero-order valence-corrected chi connectivity index (χ0v) is 11.9. The molecule has 2 rings (SSSR count). The van der Waals surface area contributed by atoms with Gasteiger partial charge in [-0.15, -0.1) is 0 Å². The van der Waals surface area contributed by atoms with Crippen LogP contribution in [-0.4, -0.2) is 5.11 Å². The summed E-state index contributed by atoms with van der Waals surface area (Å²) in [5, 5.41) is 18.3. The van der Waals surface area contributed by atoms with Crippen molar-refractivity contribution in [2.45, 2.75) is 13.0 Å². The molecule has 0 aromatic heterocycles. The molecule has 0 saturated carbocycles. The van der Waals surface area contributed by atoms with E-state index in [1.54, 1.807) is 43.3 Å². The Balaban J connectivity index is 2.26. The Hall–Kier alpha value is -1.83. The van der Waals surface area contributed by atoms with Crippen molar-refractivity contribution >= 4 is 15.9 Å². The molecular weight excluding hydrogens is 306 g/mol. The van der Waals surface area contributed by atoms with Crippen LogP contribution in [0.2, 0.25) is 0 Å². The third-order valence-corrected chi connectivity index (χ3v) is 3.25. The van der Waals surface area contributed by atoms with Crippen molar-refractivity contribution in [1.82, 2.24) is 0 Å². The minimum absolute atomic E-state index is 0.521. The van der Waals surface area contributed by atoms with Crippen molar-refractivity contribution < 1.29 is 9.84 Å². The van der Waals surface area contributed by atoms with E-state index in [0.717, 1.165) is 10.0 Å². The molecule has 0 amide bonds. The fraction of sp³-hybridized carbons (Fsp3) is 0.133. The zero-order valence-electron chi connectivity index (χ0n) is 10.3. The second-order valence-corrected chi connectivity index (χ2v) is 4.96. The summed E-state index contributed by atoms with van der Waals surface area (Å²) in [6, 6.07) is 14.4. The Kier molecular flexibility index (Phi) is 4.20. The first-order chi connectivity index (χ1) is 9.10. The van der Waals surface area contributed by atoms with Crippen LogP contribution >= 0.6 is 15.9 Å². The van der Waals surface area contributed by atoms with Gasteiger partial charge in [-0.2, -0.15) is 5.26 Å². The highest BCUT2D eigenvalue weighted by atomic mass is 79.9. The maximum atomic E-state index is 9.50. The van der Waals surface area contributed by atoms with Crippen molar-refractivity contribution in [2.75, 3.05) is 0 Å². The van der Waals surface area contributed by atoms with Gasteiger partial charge >= 0.3 is 0 Å². The van der Waals surface area contributed by atoms with E-state index in [9.17, 15) is 5.11 Å². The van der Waals surface area contributed by atoms with Gasteiger partial charge in [-0.1, -0.05) is 12.1 Å². The lowest BCUT2D eigenvalue weighted by Gasteiger charge is -2.10. The molecule has 1 atom stereocenters. The smallest absolute Gasteiger partial charge is 0.141 e. The van der Waals surface area contributed by atoms with Gasteiger partial charge in [-0.3, -0.25) is 0 Å². The van der Waals surface area contributed by atoms with Crippen molar-refractivity contribution in [3.8, 4) is 17.6 Å². The Morgan fingerprint density at radius 3 is 2.68 bits per heavy atom. The first-order valence-corrected chi connectivity index (χ1v) is 6.55. The highest BCUT2D eigenvalue weighted by molar-refractivity contribution is 9.10. The minimum atomic E-state index is -0.521. The summed E-state index contributed by atoms with van der Waals surface area (Å²) in [6.07, 6.45) is -0.521. The normalized spacial score (nSPS) is 11.7. The first kappa shape index (κ1) is 13.6. The molecule has 0 heterocycles. The SMILES string of the molecule is C[C@@H](O)c1ccc(Oc2cccc(C#N)c2)c(Br)c1. The summed E-state index contributed by atoms with van der Waals surface area (Å²) in [5.74, 6) is 1.24. The molecule has 19 heavy (non-hydrogen) atoms. The van der Waals surface area contributed by atoms with Crippen LogP contribution in [0.5, 0.6) is 11.5 Å². The fourth-order valence-electron chi connectivity index (χ4n) is 1.62. The fourth-order valence-corrected chi connectivity index (χ4v) is 2.09. The first-order valence-electron chi connectivity index (χ1n) is 5.75. The monoisotopic (exact) mass is 317 g/mol. The molecule has 0 radical (unpaired) electrons. The van der Waals surface area contributed by atoms with Crippen molar-refractivity contribution in [2.24, 2.45) is 0 Å². The van der Waals surface area contributed by atoms with Crippen molar-refractivity contribution in [1.29, 1.82) is 5.26 Å². The molecule has 4 heteroatoms. The Morgan fingerprint density at radius 1 is 1.26 bits per heavy atom. The quantitative estimate of drug-likeness (QED) is 0.924. The molecule has 96 valence electrons. The van der Waals surface area contributed by atoms with Gasteiger partial charge in [0.1, 0.15) is 11.5 Å². The van der Waals surface area contributed by atoms with Gasteiger partial charge in [-0.05, 0) is 58.7 Å². The van der Waals surface area contributed by atoms with E-state index in [1.165, 1.54) is 0 Å². The Labute approximate surface area is 120 Å². The molecule has 2 aromatic rings. The number of rotatable bonds is 3. The third kappa shape index (κ3) is 3.34. The maximum Gasteiger partial charge on any atom is 0.141 e. The van der Waals surface area contributed by atoms with Crippen LogP contribution in [0.25, 0.3) is 0 Å². The van der Waals surface area contributed by atoms with E-state index in [-0.39, 0.29) is 0 Å². The Bertz CT molecular complexity index is 632. The lowest BCUT2D eigenvalue weighted by molar-refractivity contribution is 0.199. The van der Waals surface area contributed by atoms with Gasteiger partial charge in [-0.25, -0.2) is 0 Å². The average Bonchev–Trinajstić information content (AvgIpc) is 2.41. The number of hydrogen-bond acceptors (Lipinski definition) is 3. The summed E-state index contributed by atoms with van der Waals surface area (Å²) in [7, 11) is 0. The third-order valence-electron chi connectivity index (χ3n) is 2.63. The van der Waals surface area contributed by atoms with E-state index < -0.39 is 6.10 Å². The number of hydrogen-bond donors (Lipinski definition) is 1. The largest absolute Gasteiger partial charge is 0.456 e. The van der Waals surface area contributed by atoms with Crippen LogP contribution in [-0.2, 0) is 0 Å². The van der Waals surface area contributed by atoms with Gasteiger partial charge in [0, 0.05) is 0 Å². The molecular formula is C15H12BrNO2. The van der Waals surface area contributed by atoms with Gasteiger partial charge in [0.05, 0.1) is 22.2 Å². The zero-order chi connectivity index (χ0) is 13.8. The molecule has 1 N–H and O–H groups in total. The molecule has 0 spiro atoms. The molecule has 0 fully saturated rings. The number of nitriles is 1. The van der Waals surface area contributed by atoms with Crippen LogP contribution in [0.15, 0.2) is 46.9 Å². The second kappa shape index (κ2) is 5.87. The summed E-state index contributed by atoms with van der Waals surface area (Å²) >= 11 is 3.41. The number of nitrogens with zero attached hydrogens (tertiary/aromatic N) is 1. The van der Waals surface area contributed by atoms with Crippen LogP contribution in [0.4, 0.5) is 0 Å². The summed E-state index contributed by atoms with van der Waals surface area (Å²) in [4.78, 5) is 0. The average molecular weight is 318 g/mol. The standard InChI is InChI=1S/C15H12BrNO2/c1-10(18)12-5-6-15(14(16)8-12)19-13-4-2-3-11(7-13)9-17/h2-8,10,18H,1H3/t10-/m1/s1. The molecule has 2 aromatic carbocycles. The van der Waals surface area contributed by atoms with Crippen LogP contribution in [0.3, 0.4) is 0 Å². The number of benzene rings is 2. The van der Waals surface area contributed by atoms with Crippen molar-refractivity contribution in [3.05, 3.63) is 58.1 Å². The predicted octanol–water partition coefficient (Wildman–Crippen LogP) is 4.17. The van der Waals surface area contributed by atoms with E-state index >= 15 is 0 Å². The van der Waals surface area contributed by atoms with E-state index in [4.69, 9.17) is 10.00 Å². The molecule has 0 unspecified atom stereocenters. The summed E-state index contributed by atoms with van der Waals surface area (Å²) in [6.45, 7) is 1.71. The molecule has 0 aliphatic rings. The summed E-state index contributed by atoms with van der Waals surface area (Å²) in [5.41, 5.74) is 1.36. The highest BCUT2D eigenvalue weighted by Crippen LogP contribution is 2.32. The van der Waals surface area contributed by atoms with Gasteiger partial charge in [0.15, 0.2) is 0 Å². The second-order valence-electron chi connectivity index (χ2n) is 4.11. The van der Waals surface area contributed by atoms with Gasteiger partial charge in [0.25, 0.3) is 0 Å². The van der Waals surface area contributed by atoms with E-state index in [0.29, 0.717) is 17.1 Å². The lowest BCUT2D eigenvalue weighted by Crippen LogP contribution is -1.92. The minimum Gasteiger partial charge on any atom is -0.456 e. The molecule has 0 saturated heterocycles. The topological polar surface area (TPSA) is 53.2 Å². The van der Waals surface area contributed by atoms with Gasteiger partial charge < -0.3 is 9.84 Å². The van der Waals surface area contributed by atoms with E-state index in [1.807, 2.05) is 6.07 Å². The Morgan fingerprint density at radius 2 is 2.05 bits per heavy atom. The number of aliphatic hydroxyl groups excluding tert-OH is 1. The predicted molar refractivity (Wildman–Crippen MR) is 76.0 cm³/mol. The maximum absolute atomic E-state index is 9.50. The molecule has 0 bridgehead atoms. The number of ether oxygens (including phenoxy) is 1. The highest BCUT2D eigenvalue weighted by Gasteiger charge is 2.07. The number of aliphatic hydroxyl groups is 1. The number of halogens is 1. The van der Waals surface area contributed by atoms with Gasteiger partial charge in [0.2, 0.25) is 0 Å². The van der Waals surface area contributed by atoms with Crippen LogP contribution < -0.4 is 4.74 Å². The van der Waals surface area contributed by atoms with Crippen LogP contribution in [0.1, 0.15) is 24.2 Å². The van der Waals surface area contributed by atoms with Crippen LogP contribution in [0, 0.1) is 11.3 Å². The molecule has 0 aliphatic carbocycles. The lowest BCUT2D eigenvalue weighted by atomic mass is 10.1. The molecule has 3 nitrogen and oxygen atoms in total. The van der Waals surface area contributed by atoms with Crippen molar-refractivity contribution in [3.63, 3.8) is 0 Å². The summed E-state index contributed by atoms with van der Waals surface area (Å²) < 4.78 is 6.46.